The van der Waals surface area contributed by atoms with Crippen LogP contribution in [0, 0.1) is 0 Å². The van der Waals surface area contributed by atoms with E-state index >= 15 is 0 Å². The first-order valence-corrected chi connectivity index (χ1v) is 10.9. The highest BCUT2D eigenvalue weighted by Crippen LogP contribution is 2.22. The normalized spacial score (nSPS) is 10.9. The van der Waals surface area contributed by atoms with Gasteiger partial charge in [-0.05, 0) is 48.1 Å². The third-order valence-electron chi connectivity index (χ3n) is 5.71. The lowest BCUT2D eigenvalue weighted by Gasteiger charge is -2.08. The van der Waals surface area contributed by atoms with E-state index in [0.29, 0.717) is 25.2 Å². The molecule has 32 heavy (non-hydrogen) atoms. The average molecular weight is 429 g/mol. The zero-order valence-corrected chi connectivity index (χ0v) is 18.3. The average Bonchev–Trinajstić information content (AvgIpc) is 3.05. The van der Waals surface area contributed by atoms with Gasteiger partial charge in [-0.25, -0.2) is 4.79 Å². The second-order valence-corrected chi connectivity index (χ2v) is 7.90. The van der Waals surface area contributed by atoms with Crippen molar-refractivity contribution in [3.8, 4) is 11.6 Å². The van der Waals surface area contributed by atoms with Gasteiger partial charge in [0, 0.05) is 0 Å². The Bertz CT molecular complexity index is 1190. The van der Waals surface area contributed by atoms with Gasteiger partial charge in [0.05, 0.1) is 25.9 Å². The van der Waals surface area contributed by atoms with Gasteiger partial charge in [0.25, 0.3) is 0 Å². The van der Waals surface area contributed by atoms with Crippen LogP contribution < -0.4 is 10.4 Å². The summed E-state index contributed by atoms with van der Waals surface area (Å²) in [6, 6.07) is 27.6. The maximum atomic E-state index is 13.3. The molecule has 1 aromatic heterocycles. The molecule has 5 nitrogen and oxygen atoms in total. The van der Waals surface area contributed by atoms with E-state index in [2.05, 4.69) is 12.1 Å². The Kier molecular flexibility index (Phi) is 6.75. The molecular weight excluding hydrogens is 400 g/mol. The van der Waals surface area contributed by atoms with Gasteiger partial charge in [0.15, 0.2) is 0 Å². The van der Waals surface area contributed by atoms with Crippen LogP contribution in [0.1, 0.15) is 28.8 Å². The van der Waals surface area contributed by atoms with E-state index in [0.717, 1.165) is 29.7 Å². The quantitative estimate of drug-likeness (QED) is 0.423. The fourth-order valence-corrected chi connectivity index (χ4v) is 3.96. The number of ether oxygens (including phenoxy) is 1. The van der Waals surface area contributed by atoms with Crippen molar-refractivity contribution >= 4 is 0 Å². The maximum Gasteiger partial charge on any atom is 0.331 e. The number of methoxy groups -OCH3 is 1. The Balaban J connectivity index is 1.59. The number of aromatic nitrogens is 2. The smallest absolute Gasteiger partial charge is 0.331 e. The first kappa shape index (κ1) is 21.5. The number of nitrogens with zero attached hydrogens (tertiary/aromatic N) is 2. The minimum atomic E-state index is -0.186. The highest BCUT2D eigenvalue weighted by atomic mass is 16.5. The summed E-state index contributed by atoms with van der Waals surface area (Å²) in [5.74, 6) is 0.894. The van der Waals surface area contributed by atoms with E-state index in [1.807, 2.05) is 72.8 Å². The summed E-state index contributed by atoms with van der Waals surface area (Å²) in [7, 11) is 1.66. The number of imidazole rings is 1. The van der Waals surface area contributed by atoms with Crippen molar-refractivity contribution in [2.24, 2.45) is 0 Å². The van der Waals surface area contributed by atoms with E-state index in [9.17, 15) is 9.90 Å². The van der Waals surface area contributed by atoms with Crippen LogP contribution in [-0.2, 0) is 25.9 Å². The number of rotatable bonds is 9. The minimum Gasteiger partial charge on any atom is -0.497 e. The predicted octanol–water partition coefficient (Wildman–Crippen LogP) is 4.64. The molecule has 4 rings (SSSR count). The van der Waals surface area contributed by atoms with Gasteiger partial charge in [-0.2, -0.15) is 0 Å². The summed E-state index contributed by atoms with van der Waals surface area (Å²) in [6.45, 7) is 0.783. The van der Waals surface area contributed by atoms with Gasteiger partial charge in [-0.3, -0.25) is 9.13 Å². The molecule has 164 valence electrons. The number of hydrogen-bond acceptors (Lipinski definition) is 3. The molecule has 0 radical (unpaired) electrons. The van der Waals surface area contributed by atoms with Crippen molar-refractivity contribution in [3.05, 3.63) is 118 Å². The molecule has 0 saturated carbocycles. The molecule has 0 aliphatic rings. The molecule has 5 heteroatoms. The van der Waals surface area contributed by atoms with Crippen molar-refractivity contribution in [2.45, 2.75) is 32.4 Å². The minimum absolute atomic E-state index is 0.0597. The molecule has 0 bridgehead atoms. The topological polar surface area (TPSA) is 56.4 Å². The second kappa shape index (κ2) is 10.1. The molecule has 0 unspecified atom stereocenters. The van der Waals surface area contributed by atoms with Crippen LogP contribution in [0.2, 0.25) is 0 Å². The Labute approximate surface area is 188 Å². The molecular formula is C27H28N2O3. The van der Waals surface area contributed by atoms with E-state index in [4.69, 9.17) is 4.74 Å². The molecule has 0 fully saturated rings. The summed E-state index contributed by atoms with van der Waals surface area (Å²) in [5, 5.41) is 11.0. The molecule has 0 saturated heterocycles. The van der Waals surface area contributed by atoms with Gasteiger partial charge in [-0.1, -0.05) is 72.8 Å². The number of aromatic hydroxyl groups is 1. The molecule has 0 atom stereocenters. The largest absolute Gasteiger partial charge is 0.497 e. The molecule has 0 aliphatic carbocycles. The van der Waals surface area contributed by atoms with E-state index in [1.165, 1.54) is 10.1 Å². The Hall–Kier alpha value is -3.73. The van der Waals surface area contributed by atoms with E-state index in [1.54, 1.807) is 11.7 Å². The van der Waals surface area contributed by atoms with Crippen LogP contribution in [0.3, 0.4) is 0 Å². The van der Waals surface area contributed by atoms with E-state index in [-0.39, 0.29) is 11.6 Å². The van der Waals surface area contributed by atoms with Crippen molar-refractivity contribution < 1.29 is 9.84 Å². The summed E-state index contributed by atoms with van der Waals surface area (Å²) in [4.78, 5) is 13.3. The van der Waals surface area contributed by atoms with E-state index < -0.39 is 0 Å². The predicted molar refractivity (Wildman–Crippen MR) is 126 cm³/mol. The third kappa shape index (κ3) is 4.94. The lowest BCUT2D eigenvalue weighted by atomic mass is 10.1. The molecule has 0 amide bonds. The number of aryl methyl sites for hydroxylation is 1. The first-order chi connectivity index (χ1) is 15.7. The maximum absolute atomic E-state index is 13.3. The highest BCUT2D eigenvalue weighted by Gasteiger charge is 2.19. The summed E-state index contributed by atoms with van der Waals surface area (Å²) < 4.78 is 8.41. The summed E-state index contributed by atoms with van der Waals surface area (Å²) in [6.07, 6.45) is 2.29. The summed E-state index contributed by atoms with van der Waals surface area (Å²) in [5.41, 5.74) is 3.71. The Morgan fingerprint density at radius 1 is 0.719 bits per heavy atom. The lowest BCUT2D eigenvalue weighted by Crippen LogP contribution is -2.26. The van der Waals surface area contributed by atoms with Crippen molar-refractivity contribution in [1.29, 1.82) is 0 Å². The Morgan fingerprint density at radius 2 is 1.28 bits per heavy atom. The van der Waals surface area contributed by atoms with Crippen LogP contribution in [0.5, 0.6) is 11.6 Å². The molecule has 3 aromatic carbocycles. The monoisotopic (exact) mass is 428 g/mol. The lowest BCUT2D eigenvalue weighted by molar-refractivity contribution is 0.414. The van der Waals surface area contributed by atoms with Crippen LogP contribution in [0.4, 0.5) is 0 Å². The molecule has 1 N–H and O–H groups in total. The first-order valence-electron chi connectivity index (χ1n) is 10.9. The zero-order valence-electron chi connectivity index (χ0n) is 18.3. The van der Waals surface area contributed by atoms with Crippen molar-refractivity contribution in [3.63, 3.8) is 0 Å². The van der Waals surface area contributed by atoms with Gasteiger partial charge in [0.1, 0.15) is 5.75 Å². The summed E-state index contributed by atoms with van der Waals surface area (Å²) >= 11 is 0. The van der Waals surface area contributed by atoms with Crippen LogP contribution in [0.25, 0.3) is 0 Å². The Morgan fingerprint density at radius 3 is 1.84 bits per heavy atom. The van der Waals surface area contributed by atoms with Gasteiger partial charge in [0.2, 0.25) is 5.88 Å². The number of benzene rings is 3. The molecule has 0 spiro atoms. The fraction of sp³-hybridized carbons (Fsp3) is 0.222. The fourth-order valence-electron chi connectivity index (χ4n) is 3.96. The van der Waals surface area contributed by atoms with Gasteiger partial charge >= 0.3 is 5.69 Å². The van der Waals surface area contributed by atoms with Gasteiger partial charge in [-0.15, -0.1) is 0 Å². The SMILES string of the molecule is COc1ccc(CCCc2c(O)n(Cc3ccccc3)c(=O)n2Cc2ccccc2)cc1. The van der Waals surface area contributed by atoms with Crippen molar-refractivity contribution in [1.82, 2.24) is 9.13 Å². The van der Waals surface area contributed by atoms with Crippen LogP contribution in [-0.4, -0.2) is 21.4 Å². The third-order valence-corrected chi connectivity index (χ3v) is 5.71. The zero-order chi connectivity index (χ0) is 22.3. The van der Waals surface area contributed by atoms with Crippen LogP contribution in [0.15, 0.2) is 89.7 Å². The molecule has 0 aliphatic heterocycles. The van der Waals surface area contributed by atoms with Crippen LogP contribution >= 0.6 is 0 Å². The van der Waals surface area contributed by atoms with Gasteiger partial charge < -0.3 is 9.84 Å². The van der Waals surface area contributed by atoms with Crippen molar-refractivity contribution in [2.75, 3.05) is 7.11 Å². The molecule has 4 aromatic rings. The standard InChI is InChI=1S/C27H28N2O3/c1-32-24-17-15-21(16-18-24)13-8-14-25-26(30)29(20-23-11-6-3-7-12-23)27(31)28(25)19-22-9-4-2-5-10-22/h2-7,9-12,15-18,30H,8,13-14,19-20H2,1H3. The number of hydrogen-bond donors (Lipinski definition) is 1. The highest BCUT2D eigenvalue weighted by molar-refractivity contribution is 5.28. The second-order valence-electron chi connectivity index (χ2n) is 7.90. The molecule has 1 heterocycles.